The topological polar surface area (TPSA) is 153 Å². The quantitative estimate of drug-likeness (QED) is 0.266. The summed E-state index contributed by atoms with van der Waals surface area (Å²) in [5, 5.41) is 7.23. The molecule has 3 amide bonds. The number of primary amides is 1. The van der Waals surface area contributed by atoms with Crippen molar-refractivity contribution in [3.05, 3.63) is 82.8 Å². The summed E-state index contributed by atoms with van der Waals surface area (Å²) in [4.78, 5) is 51.5. The molecule has 13 heteroatoms. The van der Waals surface area contributed by atoms with Crippen molar-refractivity contribution < 1.29 is 28.0 Å². The summed E-state index contributed by atoms with van der Waals surface area (Å²) in [6, 6.07) is 14.0. The van der Waals surface area contributed by atoms with E-state index < -0.39 is 35.8 Å². The Morgan fingerprint density at radius 2 is 1.81 bits per heavy atom. The summed E-state index contributed by atoms with van der Waals surface area (Å²) in [6.07, 6.45) is -1.78. The number of hydrogen-bond acceptors (Lipinski definition) is 6. The van der Waals surface area contributed by atoms with E-state index in [0.29, 0.717) is 10.9 Å². The summed E-state index contributed by atoms with van der Waals surface area (Å²) in [6.45, 7) is -0.974. The molecular weight excluding hydrogens is 570 g/mol. The third-order valence-electron chi connectivity index (χ3n) is 7.07. The summed E-state index contributed by atoms with van der Waals surface area (Å²) in [7, 11) is 0. The number of Topliss-reactive ketones (excluding diaryl/α,β-unsaturated/α-hetero) is 1. The molecule has 1 aromatic heterocycles. The monoisotopic (exact) mass is 594 g/mol. The number of fused-ring (bicyclic) bond motifs is 1. The highest BCUT2D eigenvalue weighted by atomic mass is 35.5. The molecule has 216 valence electrons. The van der Waals surface area contributed by atoms with Crippen LogP contribution in [0.15, 0.2) is 60.7 Å². The number of benzene rings is 3. The molecule has 0 aliphatic carbocycles. The van der Waals surface area contributed by atoms with Crippen LogP contribution in [-0.2, 0) is 16.1 Å². The third-order valence-corrected chi connectivity index (χ3v) is 7.40. The molecule has 0 saturated carbocycles. The lowest BCUT2D eigenvalue weighted by Gasteiger charge is -2.24. The summed E-state index contributed by atoms with van der Waals surface area (Å²) >= 11 is 6.29. The number of nitrogens with zero attached hydrogens (tertiary/aromatic N) is 3. The molecule has 42 heavy (non-hydrogen) atoms. The van der Waals surface area contributed by atoms with Gasteiger partial charge in [0.05, 0.1) is 24.3 Å². The Labute approximate surface area is 243 Å². The van der Waals surface area contributed by atoms with Crippen LogP contribution in [0.4, 0.5) is 14.5 Å². The maximum Gasteiger partial charge on any atom is 0.269 e. The van der Waals surface area contributed by atoms with E-state index in [2.05, 4.69) is 10.4 Å². The molecule has 5 rings (SSSR count). The van der Waals surface area contributed by atoms with Gasteiger partial charge in [0.15, 0.2) is 17.3 Å². The van der Waals surface area contributed by atoms with Crippen LogP contribution < -0.4 is 16.8 Å². The second-order valence-corrected chi connectivity index (χ2v) is 10.2. The molecule has 0 radical (unpaired) electrons. The van der Waals surface area contributed by atoms with E-state index in [1.165, 1.54) is 41.1 Å². The van der Waals surface area contributed by atoms with Gasteiger partial charge in [-0.15, -0.1) is 0 Å². The smallest absolute Gasteiger partial charge is 0.269 e. The van der Waals surface area contributed by atoms with E-state index in [0.717, 1.165) is 4.90 Å². The predicted octanol–water partition coefficient (Wildman–Crippen LogP) is 3.31. The Hall–Kier alpha value is -4.68. The number of nitrogens with two attached hydrogens (primary N) is 2. The average molecular weight is 595 g/mol. The molecule has 1 aliphatic rings. The van der Waals surface area contributed by atoms with E-state index in [1.807, 2.05) is 0 Å². The zero-order valence-electron chi connectivity index (χ0n) is 22.0. The lowest BCUT2D eigenvalue weighted by molar-refractivity contribution is -0.137. The summed E-state index contributed by atoms with van der Waals surface area (Å²) < 4.78 is 31.5. The second-order valence-electron chi connectivity index (χ2n) is 9.76. The van der Waals surface area contributed by atoms with E-state index >= 15 is 4.39 Å². The lowest BCUT2D eigenvalue weighted by atomic mass is 10.00. The van der Waals surface area contributed by atoms with Crippen molar-refractivity contribution in [2.75, 3.05) is 18.4 Å². The van der Waals surface area contributed by atoms with Crippen LogP contribution in [0.2, 0.25) is 5.02 Å². The largest absolute Gasteiger partial charge is 0.364 e. The van der Waals surface area contributed by atoms with Crippen LogP contribution >= 0.6 is 11.6 Å². The molecule has 5 N–H and O–H groups in total. The number of likely N-dealkylation sites (tertiary alicyclic amines) is 1. The van der Waals surface area contributed by atoms with Gasteiger partial charge < -0.3 is 21.7 Å². The van der Waals surface area contributed by atoms with Crippen molar-refractivity contribution in [2.45, 2.75) is 25.2 Å². The minimum Gasteiger partial charge on any atom is -0.364 e. The van der Waals surface area contributed by atoms with E-state index in [4.69, 9.17) is 23.1 Å². The maximum absolute atomic E-state index is 15.6. The van der Waals surface area contributed by atoms with Crippen molar-refractivity contribution in [3.63, 3.8) is 0 Å². The van der Waals surface area contributed by atoms with Crippen LogP contribution in [0.25, 0.3) is 22.0 Å². The van der Waals surface area contributed by atoms with Crippen molar-refractivity contribution in [1.29, 1.82) is 0 Å². The standard InChI is InChI=1S/C29H25ClF2N6O4/c30-20-9-8-15(24(39)12-33)10-19(20)17-5-3-6-21(26(17)32)35-29(42)23-11-16(31)13-37(23)25(40)14-38-22-7-2-1-4-18(22)27(36-38)28(34)41/h1-10,16,23H,11-14,33H2,(H2,34,41)(H,35,42)/t16-,23+/m1/s1. The molecular formula is C29H25ClF2N6O4. The van der Waals surface area contributed by atoms with Gasteiger partial charge in [0.1, 0.15) is 18.8 Å². The fourth-order valence-electron chi connectivity index (χ4n) is 5.03. The molecule has 1 aliphatic heterocycles. The molecule has 1 fully saturated rings. The predicted molar refractivity (Wildman–Crippen MR) is 152 cm³/mol. The van der Waals surface area contributed by atoms with Crippen LogP contribution in [0, 0.1) is 5.82 Å². The number of ketones is 1. The van der Waals surface area contributed by atoms with Gasteiger partial charge >= 0.3 is 0 Å². The van der Waals surface area contributed by atoms with Gasteiger partial charge in [0.2, 0.25) is 11.8 Å². The van der Waals surface area contributed by atoms with Gasteiger partial charge in [-0.1, -0.05) is 41.9 Å². The molecule has 2 heterocycles. The van der Waals surface area contributed by atoms with E-state index in [-0.39, 0.29) is 64.9 Å². The van der Waals surface area contributed by atoms with Crippen LogP contribution in [0.3, 0.4) is 0 Å². The Morgan fingerprint density at radius 1 is 1.05 bits per heavy atom. The van der Waals surface area contributed by atoms with Gasteiger partial charge in [-0.05, 0) is 30.3 Å². The number of alkyl halides is 1. The van der Waals surface area contributed by atoms with Crippen molar-refractivity contribution >= 4 is 51.7 Å². The number of rotatable bonds is 8. The van der Waals surface area contributed by atoms with Gasteiger partial charge in [-0.2, -0.15) is 5.10 Å². The Bertz CT molecular complexity index is 1740. The molecule has 2 atom stereocenters. The molecule has 1 saturated heterocycles. The van der Waals surface area contributed by atoms with Crippen molar-refractivity contribution in [3.8, 4) is 11.1 Å². The number of hydrogen-bond donors (Lipinski definition) is 3. The first kappa shape index (κ1) is 28.8. The zero-order chi connectivity index (χ0) is 30.1. The van der Waals surface area contributed by atoms with E-state index in [1.54, 1.807) is 24.3 Å². The zero-order valence-corrected chi connectivity index (χ0v) is 22.8. The minimum absolute atomic E-state index is 0.0167. The molecule has 0 unspecified atom stereocenters. The Morgan fingerprint density at radius 3 is 2.55 bits per heavy atom. The second kappa shape index (κ2) is 11.7. The lowest BCUT2D eigenvalue weighted by Crippen LogP contribution is -2.44. The van der Waals surface area contributed by atoms with Crippen molar-refractivity contribution in [1.82, 2.24) is 14.7 Å². The van der Waals surface area contributed by atoms with Crippen LogP contribution in [0.5, 0.6) is 0 Å². The van der Waals surface area contributed by atoms with E-state index in [9.17, 15) is 23.6 Å². The van der Waals surface area contributed by atoms with Crippen LogP contribution in [-0.4, -0.2) is 63.5 Å². The number of amides is 3. The van der Waals surface area contributed by atoms with Gasteiger partial charge in [0, 0.05) is 33.5 Å². The molecule has 3 aromatic carbocycles. The highest BCUT2D eigenvalue weighted by Crippen LogP contribution is 2.34. The van der Waals surface area contributed by atoms with Crippen molar-refractivity contribution in [2.24, 2.45) is 11.5 Å². The normalized spacial score (nSPS) is 16.5. The fourth-order valence-corrected chi connectivity index (χ4v) is 5.25. The summed E-state index contributed by atoms with van der Waals surface area (Å²) in [5.74, 6) is -3.39. The number of anilines is 1. The average Bonchev–Trinajstić information content (AvgIpc) is 3.55. The molecule has 4 aromatic rings. The first-order chi connectivity index (χ1) is 20.1. The van der Waals surface area contributed by atoms with Gasteiger partial charge in [-0.3, -0.25) is 23.9 Å². The minimum atomic E-state index is -1.49. The SMILES string of the molecule is NCC(=O)c1ccc(Cl)c(-c2cccc(NC(=O)[C@@H]3C[C@@H](F)CN3C(=O)Cn3nc(C(N)=O)c4ccccc43)c2F)c1. The first-order valence-corrected chi connectivity index (χ1v) is 13.3. The number of nitrogens with one attached hydrogen (secondary N) is 1. The molecule has 10 nitrogen and oxygen atoms in total. The van der Waals surface area contributed by atoms with Crippen LogP contribution in [0.1, 0.15) is 27.3 Å². The first-order valence-electron chi connectivity index (χ1n) is 12.9. The van der Waals surface area contributed by atoms with Gasteiger partial charge in [0.25, 0.3) is 5.91 Å². The molecule has 0 spiro atoms. The number of carbonyl (C=O) groups excluding carboxylic acids is 4. The summed E-state index contributed by atoms with van der Waals surface area (Å²) in [5.41, 5.74) is 11.6. The number of aromatic nitrogens is 2. The molecule has 0 bridgehead atoms. The maximum atomic E-state index is 15.6. The highest BCUT2D eigenvalue weighted by molar-refractivity contribution is 6.33. The fraction of sp³-hybridized carbons (Fsp3) is 0.207. The number of halogens is 3. The number of carbonyl (C=O) groups is 4. The Balaban J connectivity index is 1.38. The Kier molecular flexibility index (Phi) is 8.01. The van der Waals surface area contributed by atoms with Gasteiger partial charge in [-0.25, -0.2) is 8.78 Å². The highest BCUT2D eigenvalue weighted by Gasteiger charge is 2.40. The number of para-hydroxylation sites is 1. The third kappa shape index (κ3) is 5.46.